The molecule has 0 unspecified atom stereocenters. The lowest BCUT2D eigenvalue weighted by Gasteiger charge is -2.58. The minimum Gasteiger partial charge on any atom is -0.497 e. The van der Waals surface area contributed by atoms with Crippen LogP contribution >= 0.6 is 0 Å². The van der Waals surface area contributed by atoms with E-state index in [1.165, 1.54) is 4.90 Å². The highest BCUT2D eigenvalue weighted by molar-refractivity contribution is 5.94. The van der Waals surface area contributed by atoms with E-state index in [0.29, 0.717) is 18.0 Å². The number of amides is 3. The molecule has 3 amide bonds. The van der Waals surface area contributed by atoms with Crippen LogP contribution in [0.3, 0.4) is 0 Å². The van der Waals surface area contributed by atoms with Gasteiger partial charge < -0.3 is 25.0 Å². The van der Waals surface area contributed by atoms with E-state index in [1.807, 2.05) is 43.3 Å². The van der Waals surface area contributed by atoms with E-state index in [-0.39, 0.29) is 43.1 Å². The van der Waals surface area contributed by atoms with Crippen LogP contribution in [0.15, 0.2) is 54.6 Å². The van der Waals surface area contributed by atoms with Crippen molar-refractivity contribution in [2.75, 3.05) is 32.1 Å². The number of nitrogens with one attached hydrogen (secondary N) is 1. The summed E-state index contributed by atoms with van der Waals surface area (Å²) in [7, 11) is 1.57. The first-order valence-corrected chi connectivity index (χ1v) is 10.4. The molecule has 2 aromatic carbocycles. The maximum Gasteiger partial charge on any atom is 0.322 e. The Balaban J connectivity index is 1.50. The number of nitrogens with zero attached hydrogens (tertiary/aromatic N) is 2. The first-order valence-electron chi connectivity index (χ1n) is 10.4. The molecule has 2 aliphatic heterocycles. The van der Waals surface area contributed by atoms with Crippen LogP contribution in [0, 0.1) is 0 Å². The Labute approximate surface area is 181 Å². The lowest BCUT2D eigenvalue weighted by atomic mass is 9.73. The molecule has 0 saturated carbocycles. The predicted octanol–water partition coefficient (Wildman–Crippen LogP) is 2.93. The molecule has 0 aromatic heterocycles. The van der Waals surface area contributed by atoms with Crippen molar-refractivity contribution in [3.05, 3.63) is 65.7 Å². The number of aliphatic hydroxyl groups excluding tert-OH is 1. The van der Waals surface area contributed by atoms with Gasteiger partial charge in [-0.15, -0.1) is 0 Å². The first kappa shape index (κ1) is 20.9. The lowest BCUT2D eigenvalue weighted by molar-refractivity contribution is -0.159. The third kappa shape index (κ3) is 4.01. The minimum absolute atomic E-state index is 0.00421. The van der Waals surface area contributed by atoms with Gasteiger partial charge in [-0.25, -0.2) is 4.79 Å². The monoisotopic (exact) mass is 421 g/mol. The Morgan fingerprint density at radius 3 is 2.71 bits per heavy atom. The number of hydrogen-bond donors (Lipinski definition) is 2. The van der Waals surface area contributed by atoms with Gasteiger partial charge in [-0.3, -0.25) is 4.79 Å². The number of rotatable bonds is 5. The number of aliphatic hydroxyl groups is 1. The number of allylic oxidation sites excluding steroid dienone is 1. The van der Waals surface area contributed by atoms with Crippen LogP contribution in [0.4, 0.5) is 10.5 Å². The normalized spacial score (nSPS) is 22.8. The van der Waals surface area contributed by atoms with Crippen molar-refractivity contribution in [1.82, 2.24) is 9.80 Å². The molecule has 31 heavy (non-hydrogen) atoms. The van der Waals surface area contributed by atoms with Crippen LogP contribution < -0.4 is 10.1 Å². The van der Waals surface area contributed by atoms with Crippen molar-refractivity contribution in [2.45, 2.75) is 24.9 Å². The zero-order chi connectivity index (χ0) is 22.0. The van der Waals surface area contributed by atoms with Crippen LogP contribution in [-0.2, 0) is 4.79 Å². The molecular weight excluding hydrogens is 394 g/mol. The van der Waals surface area contributed by atoms with Gasteiger partial charge in [-0.1, -0.05) is 42.5 Å². The number of ether oxygens (including phenoxy) is 1. The largest absolute Gasteiger partial charge is 0.497 e. The van der Waals surface area contributed by atoms with E-state index >= 15 is 0 Å². The van der Waals surface area contributed by atoms with Crippen LogP contribution in [0.2, 0.25) is 0 Å². The first-order chi connectivity index (χ1) is 15.0. The highest BCUT2D eigenvalue weighted by Gasteiger charge is 2.54. The minimum atomic E-state index is -0.323. The molecule has 7 nitrogen and oxygen atoms in total. The Hall–Kier alpha value is -3.32. The molecule has 2 N–H and O–H groups in total. The number of urea groups is 1. The number of fused-ring (bicyclic) bond motifs is 1. The van der Waals surface area contributed by atoms with Crippen molar-refractivity contribution < 1.29 is 19.4 Å². The zero-order valence-electron chi connectivity index (χ0n) is 17.7. The number of carbonyl (C=O) groups excluding carboxylic acids is 2. The van der Waals surface area contributed by atoms with E-state index in [1.54, 1.807) is 36.3 Å². The molecule has 0 radical (unpaired) electrons. The standard InChI is InChI=1S/C24H27N3O4/c1-3-5-16-8-10-17(11-9-16)23-20-13-26(14-22(29)27(20)21(23)15-28)24(30)25-18-6-4-7-19(12-18)31-2/h3-12,20-21,23,28H,13-15H2,1-2H3,(H,25,30)/b5-3+/t20-,21-,23-/m0/s1. The zero-order valence-corrected chi connectivity index (χ0v) is 17.7. The molecule has 2 aliphatic rings. The van der Waals surface area contributed by atoms with Gasteiger partial charge in [-0.2, -0.15) is 0 Å². The quantitative estimate of drug-likeness (QED) is 0.778. The van der Waals surface area contributed by atoms with E-state index in [4.69, 9.17) is 4.74 Å². The van der Waals surface area contributed by atoms with E-state index in [2.05, 4.69) is 5.32 Å². The molecule has 0 bridgehead atoms. The van der Waals surface area contributed by atoms with Crippen molar-refractivity contribution in [3.63, 3.8) is 0 Å². The van der Waals surface area contributed by atoms with Crippen LogP contribution in [0.5, 0.6) is 5.75 Å². The summed E-state index contributed by atoms with van der Waals surface area (Å²) in [6, 6.07) is 14.5. The molecule has 162 valence electrons. The SMILES string of the molecule is C/C=C/c1ccc([C@@H]2[C@H](CO)N3C(=O)CN(C(=O)Nc4cccc(OC)c4)C[C@@H]23)cc1. The van der Waals surface area contributed by atoms with Crippen molar-refractivity contribution >= 4 is 23.7 Å². The summed E-state index contributed by atoms with van der Waals surface area (Å²) < 4.78 is 5.20. The van der Waals surface area contributed by atoms with Crippen molar-refractivity contribution in [2.24, 2.45) is 0 Å². The molecule has 2 aromatic rings. The summed E-state index contributed by atoms with van der Waals surface area (Å²) in [5.41, 5.74) is 2.77. The maximum atomic E-state index is 12.8. The number of hydrogen-bond acceptors (Lipinski definition) is 4. The fourth-order valence-corrected chi connectivity index (χ4v) is 4.58. The number of piperazine rings is 1. The average Bonchev–Trinajstić information content (AvgIpc) is 2.76. The van der Waals surface area contributed by atoms with Crippen LogP contribution in [0.1, 0.15) is 24.0 Å². The predicted molar refractivity (Wildman–Crippen MR) is 119 cm³/mol. The van der Waals surface area contributed by atoms with E-state index < -0.39 is 0 Å². The van der Waals surface area contributed by atoms with E-state index in [0.717, 1.165) is 11.1 Å². The second-order valence-electron chi connectivity index (χ2n) is 7.85. The number of methoxy groups -OCH3 is 1. The van der Waals surface area contributed by atoms with Gasteiger partial charge in [0.1, 0.15) is 12.3 Å². The number of carbonyl (C=O) groups is 2. The maximum absolute atomic E-state index is 12.8. The van der Waals surface area contributed by atoms with E-state index in [9.17, 15) is 14.7 Å². The summed E-state index contributed by atoms with van der Waals surface area (Å²) >= 11 is 0. The Kier molecular flexibility index (Phi) is 5.95. The summed E-state index contributed by atoms with van der Waals surface area (Å²) in [5, 5.41) is 12.8. The van der Waals surface area contributed by atoms with Gasteiger partial charge in [0, 0.05) is 24.2 Å². The van der Waals surface area contributed by atoms with Gasteiger partial charge in [0.15, 0.2) is 0 Å². The molecular formula is C24H27N3O4. The Morgan fingerprint density at radius 1 is 1.26 bits per heavy atom. The van der Waals surface area contributed by atoms with Crippen molar-refractivity contribution in [3.8, 4) is 5.75 Å². The molecule has 2 heterocycles. The Bertz CT molecular complexity index is 989. The summed E-state index contributed by atoms with van der Waals surface area (Å²) in [5.74, 6) is 0.490. The Morgan fingerprint density at radius 2 is 2.03 bits per heavy atom. The topological polar surface area (TPSA) is 82.1 Å². The summed E-state index contributed by atoms with van der Waals surface area (Å²) in [6.45, 7) is 2.28. The van der Waals surface area contributed by atoms with Crippen LogP contribution in [0.25, 0.3) is 6.08 Å². The van der Waals surface area contributed by atoms with Gasteiger partial charge in [0.2, 0.25) is 5.91 Å². The second kappa shape index (κ2) is 8.81. The lowest BCUT2D eigenvalue weighted by Crippen LogP contribution is -2.73. The second-order valence-corrected chi connectivity index (χ2v) is 7.85. The summed E-state index contributed by atoms with van der Waals surface area (Å²) in [4.78, 5) is 28.9. The molecule has 0 aliphatic carbocycles. The fourth-order valence-electron chi connectivity index (χ4n) is 4.58. The molecule has 2 fully saturated rings. The van der Waals surface area contributed by atoms with Gasteiger partial charge in [0.25, 0.3) is 0 Å². The van der Waals surface area contributed by atoms with Crippen LogP contribution in [-0.4, -0.2) is 65.7 Å². The molecule has 2 saturated heterocycles. The molecule has 4 rings (SSSR count). The smallest absolute Gasteiger partial charge is 0.322 e. The number of anilines is 1. The molecule has 3 atom stereocenters. The molecule has 0 spiro atoms. The highest BCUT2D eigenvalue weighted by atomic mass is 16.5. The fraction of sp³-hybridized carbons (Fsp3) is 0.333. The van der Waals surface area contributed by atoms with Gasteiger partial charge in [0.05, 0.1) is 25.8 Å². The summed E-state index contributed by atoms with van der Waals surface area (Å²) in [6.07, 6.45) is 4.00. The average molecular weight is 421 g/mol. The van der Waals surface area contributed by atoms with Gasteiger partial charge in [-0.05, 0) is 30.2 Å². The third-order valence-electron chi connectivity index (χ3n) is 6.04. The highest BCUT2D eigenvalue weighted by Crippen LogP contribution is 2.43. The number of benzene rings is 2. The molecule has 7 heteroatoms. The van der Waals surface area contributed by atoms with Crippen molar-refractivity contribution in [1.29, 1.82) is 0 Å². The third-order valence-corrected chi connectivity index (χ3v) is 6.04. The van der Waals surface area contributed by atoms with Gasteiger partial charge >= 0.3 is 6.03 Å².